The SMILES string of the molecule is Cc1ccc(S(=O)(=O)Nc2ccccc2N)cc1C. The number of aryl methyl sites for hydroxylation is 2. The van der Waals surface area contributed by atoms with Crippen molar-refractivity contribution in [3.63, 3.8) is 0 Å². The predicted octanol–water partition coefficient (Wildman–Crippen LogP) is 2.69. The molecule has 0 aromatic heterocycles. The number of para-hydroxylation sites is 2. The highest BCUT2D eigenvalue weighted by atomic mass is 32.2. The Labute approximate surface area is 113 Å². The molecule has 2 aromatic carbocycles. The fourth-order valence-corrected chi connectivity index (χ4v) is 2.85. The molecule has 0 heterocycles. The van der Waals surface area contributed by atoms with Gasteiger partial charge in [0.05, 0.1) is 16.3 Å². The summed E-state index contributed by atoms with van der Waals surface area (Å²) in [6.45, 7) is 3.82. The summed E-state index contributed by atoms with van der Waals surface area (Å²) in [5.41, 5.74) is 8.51. The number of anilines is 2. The average molecular weight is 276 g/mol. The highest BCUT2D eigenvalue weighted by Gasteiger charge is 2.15. The molecule has 2 aromatic rings. The summed E-state index contributed by atoms with van der Waals surface area (Å²) in [4.78, 5) is 0.235. The van der Waals surface area contributed by atoms with Gasteiger partial charge in [0.15, 0.2) is 0 Å². The summed E-state index contributed by atoms with van der Waals surface area (Å²) in [5, 5.41) is 0. The molecule has 0 unspecified atom stereocenters. The van der Waals surface area contributed by atoms with Gasteiger partial charge in [-0.05, 0) is 49.2 Å². The van der Waals surface area contributed by atoms with E-state index in [1.54, 1.807) is 42.5 Å². The third-order valence-corrected chi connectivity index (χ3v) is 4.36. The Hall–Kier alpha value is -2.01. The molecule has 0 fully saturated rings. The van der Waals surface area contributed by atoms with Crippen molar-refractivity contribution in [1.82, 2.24) is 0 Å². The van der Waals surface area contributed by atoms with Crippen LogP contribution < -0.4 is 10.5 Å². The van der Waals surface area contributed by atoms with Crippen LogP contribution in [0.1, 0.15) is 11.1 Å². The second-order valence-electron chi connectivity index (χ2n) is 4.44. The van der Waals surface area contributed by atoms with Crippen LogP contribution in [-0.2, 0) is 10.0 Å². The molecular formula is C14H16N2O2S. The van der Waals surface area contributed by atoms with E-state index in [0.29, 0.717) is 11.4 Å². The number of hydrogen-bond donors (Lipinski definition) is 2. The highest BCUT2D eigenvalue weighted by molar-refractivity contribution is 7.92. The summed E-state index contributed by atoms with van der Waals surface area (Å²) < 4.78 is 27.0. The van der Waals surface area contributed by atoms with E-state index in [1.165, 1.54) is 0 Å². The van der Waals surface area contributed by atoms with Crippen molar-refractivity contribution in [3.8, 4) is 0 Å². The summed E-state index contributed by atoms with van der Waals surface area (Å²) in [7, 11) is -3.61. The minimum absolute atomic E-state index is 0.235. The van der Waals surface area contributed by atoms with E-state index < -0.39 is 10.0 Å². The van der Waals surface area contributed by atoms with Crippen molar-refractivity contribution in [2.75, 3.05) is 10.5 Å². The number of sulfonamides is 1. The number of nitrogens with one attached hydrogen (secondary N) is 1. The van der Waals surface area contributed by atoms with Gasteiger partial charge in [-0.3, -0.25) is 4.72 Å². The standard InChI is InChI=1S/C14H16N2O2S/c1-10-7-8-12(9-11(10)2)19(17,18)16-14-6-4-3-5-13(14)15/h3-9,16H,15H2,1-2H3. The zero-order chi connectivity index (χ0) is 14.0. The third-order valence-electron chi connectivity index (χ3n) is 2.99. The largest absolute Gasteiger partial charge is 0.397 e. The predicted molar refractivity (Wildman–Crippen MR) is 77.6 cm³/mol. The van der Waals surface area contributed by atoms with E-state index in [9.17, 15) is 8.42 Å². The second-order valence-corrected chi connectivity index (χ2v) is 6.12. The Bertz CT molecular complexity index is 709. The molecule has 19 heavy (non-hydrogen) atoms. The van der Waals surface area contributed by atoms with Crippen LogP contribution in [0.5, 0.6) is 0 Å². The Kier molecular flexibility index (Phi) is 3.48. The fraction of sp³-hybridized carbons (Fsp3) is 0.143. The summed E-state index contributed by atoms with van der Waals surface area (Å²) in [6.07, 6.45) is 0. The molecule has 0 amide bonds. The molecule has 0 spiro atoms. The summed E-state index contributed by atoms with van der Waals surface area (Å²) in [6, 6.07) is 11.8. The summed E-state index contributed by atoms with van der Waals surface area (Å²) in [5.74, 6) is 0. The van der Waals surface area contributed by atoms with Gasteiger partial charge in [0.2, 0.25) is 0 Å². The fourth-order valence-electron chi connectivity index (χ4n) is 1.67. The van der Waals surface area contributed by atoms with Crippen molar-refractivity contribution in [1.29, 1.82) is 0 Å². The normalized spacial score (nSPS) is 11.3. The topological polar surface area (TPSA) is 72.2 Å². The lowest BCUT2D eigenvalue weighted by molar-refractivity contribution is 0.601. The average Bonchev–Trinajstić information content (AvgIpc) is 2.35. The molecule has 0 radical (unpaired) electrons. The molecule has 0 aliphatic rings. The number of nitrogen functional groups attached to an aromatic ring is 1. The minimum atomic E-state index is -3.61. The van der Waals surface area contributed by atoms with E-state index in [-0.39, 0.29) is 4.90 Å². The Morgan fingerprint density at radius 3 is 2.32 bits per heavy atom. The summed E-state index contributed by atoms with van der Waals surface area (Å²) >= 11 is 0. The first-order valence-corrected chi connectivity index (χ1v) is 7.33. The Morgan fingerprint density at radius 2 is 1.68 bits per heavy atom. The number of rotatable bonds is 3. The minimum Gasteiger partial charge on any atom is -0.397 e. The smallest absolute Gasteiger partial charge is 0.261 e. The molecular weight excluding hydrogens is 260 g/mol. The first kappa shape index (κ1) is 13.4. The van der Waals surface area contributed by atoms with Gasteiger partial charge in [0.1, 0.15) is 0 Å². The molecule has 0 atom stereocenters. The number of benzene rings is 2. The molecule has 0 saturated carbocycles. The molecule has 0 aliphatic heterocycles. The molecule has 0 bridgehead atoms. The van der Waals surface area contributed by atoms with Crippen molar-refractivity contribution in [3.05, 3.63) is 53.6 Å². The van der Waals surface area contributed by atoms with Gasteiger partial charge in [0.25, 0.3) is 10.0 Å². The van der Waals surface area contributed by atoms with Crippen LogP contribution in [0.15, 0.2) is 47.4 Å². The zero-order valence-electron chi connectivity index (χ0n) is 10.8. The van der Waals surface area contributed by atoms with Gasteiger partial charge >= 0.3 is 0 Å². The van der Waals surface area contributed by atoms with E-state index in [0.717, 1.165) is 11.1 Å². The van der Waals surface area contributed by atoms with Crippen LogP contribution >= 0.6 is 0 Å². The van der Waals surface area contributed by atoms with Crippen LogP contribution in [0.3, 0.4) is 0 Å². The number of hydrogen-bond acceptors (Lipinski definition) is 3. The lowest BCUT2D eigenvalue weighted by atomic mass is 10.1. The van der Waals surface area contributed by atoms with Crippen molar-refractivity contribution < 1.29 is 8.42 Å². The monoisotopic (exact) mass is 276 g/mol. The van der Waals surface area contributed by atoms with Gasteiger partial charge in [-0.1, -0.05) is 18.2 Å². The Balaban J connectivity index is 2.38. The van der Waals surface area contributed by atoms with Gasteiger partial charge < -0.3 is 5.73 Å². The first-order valence-electron chi connectivity index (χ1n) is 5.85. The molecule has 100 valence electrons. The molecule has 4 nitrogen and oxygen atoms in total. The quantitative estimate of drug-likeness (QED) is 0.847. The molecule has 0 saturated heterocycles. The van der Waals surface area contributed by atoms with Gasteiger partial charge in [0, 0.05) is 0 Å². The lowest BCUT2D eigenvalue weighted by Crippen LogP contribution is -2.14. The third kappa shape index (κ3) is 2.88. The van der Waals surface area contributed by atoms with Crippen LogP contribution in [-0.4, -0.2) is 8.42 Å². The zero-order valence-corrected chi connectivity index (χ0v) is 11.7. The molecule has 5 heteroatoms. The van der Waals surface area contributed by atoms with Gasteiger partial charge in [-0.25, -0.2) is 8.42 Å². The lowest BCUT2D eigenvalue weighted by Gasteiger charge is -2.11. The molecule has 2 rings (SSSR count). The maximum atomic E-state index is 12.3. The van der Waals surface area contributed by atoms with E-state index in [2.05, 4.69) is 4.72 Å². The van der Waals surface area contributed by atoms with Crippen molar-refractivity contribution in [2.45, 2.75) is 18.7 Å². The molecule has 3 N–H and O–H groups in total. The van der Waals surface area contributed by atoms with Crippen molar-refractivity contribution in [2.24, 2.45) is 0 Å². The van der Waals surface area contributed by atoms with E-state index >= 15 is 0 Å². The second kappa shape index (κ2) is 4.93. The van der Waals surface area contributed by atoms with E-state index in [4.69, 9.17) is 5.73 Å². The Morgan fingerprint density at radius 1 is 1.00 bits per heavy atom. The van der Waals surface area contributed by atoms with Gasteiger partial charge in [-0.2, -0.15) is 0 Å². The first-order chi connectivity index (χ1) is 8.90. The van der Waals surface area contributed by atoms with Crippen molar-refractivity contribution >= 4 is 21.4 Å². The highest BCUT2D eigenvalue weighted by Crippen LogP contribution is 2.22. The molecule has 0 aliphatic carbocycles. The van der Waals surface area contributed by atoms with Gasteiger partial charge in [-0.15, -0.1) is 0 Å². The van der Waals surface area contributed by atoms with Crippen LogP contribution in [0, 0.1) is 13.8 Å². The maximum absolute atomic E-state index is 12.3. The maximum Gasteiger partial charge on any atom is 0.261 e. The van der Waals surface area contributed by atoms with Crippen LogP contribution in [0.25, 0.3) is 0 Å². The van der Waals surface area contributed by atoms with E-state index in [1.807, 2.05) is 13.8 Å². The number of nitrogens with two attached hydrogens (primary N) is 1. The van der Waals surface area contributed by atoms with Crippen LogP contribution in [0.4, 0.5) is 11.4 Å². The van der Waals surface area contributed by atoms with Crippen LogP contribution in [0.2, 0.25) is 0 Å².